The van der Waals surface area contributed by atoms with Crippen LogP contribution in [0.3, 0.4) is 0 Å². The van der Waals surface area contributed by atoms with Gasteiger partial charge in [0, 0.05) is 24.2 Å². The molecular weight excluding hydrogens is 279 g/mol. The van der Waals surface area contributed by atoms with Gasteiger partial charge in [-0.05, 0) is 56.3 Å². The lowest BCUT2D eigenvalue weighted by Gasteiger charge is -2.34. The lowest BCUT2D eigenvalue weighted by molar-refractivity contribution is 0.154. The highest BCUT2D eigenvalue weighted by molar-refractivity contribution is 6.31. The number of halogens is 2. The molecule has 2 atom stereocenters. The molecule has 0 saturated carbocycles. The molecule has 4 heteroatoms. The maximum atomic E-state index is 6.17. The van der Waals surface area contributed by atoms with E-state index in [0.717, 1.165) is 23.7 Å². The summed E-state index contributed by atoms with van der Waals surface area (Å²) in [7, 11) is 0. The van der Waals surface area contributed by atoms with Crippen LogP contribution in [0.25, 0.3) is 0 Å². The van der Waals surface area contributed by atoms with Crippen LogP contribution in [0.1, 0.15) is 30.9 Å². The number of nitrogens with zero attached hydrogens (tertiary/aromatic N) is 1. The summed E-state index contributed by atoms with van der Waals surface area (Å²) >= 11 is 6.17. The Morgan fingerprint density at radius 3 is 2.84 bits per heavy atom. The lowest BCUT2D eigenvalue weighted by atomic mass is 9.92. The normalized spacial score (nSPS) is 21.8. The van der Waals surface area contributed by atoms with Gasteiger partial charge in [-0.3, -0.25) is 4.90 Å². The largest absolute Gasteiger partial charge is 0.328 e. The number of rotatable bonds is 3. The Labute approximate surface area is 127 Å². The third kappa shape index (κ3) is 4.64. The molecule has 0 aromatic heterocycles. The standard InChI is InChI=1S/C15H23ClN2.ClH/c1-11-5-6-13(8-15(11)16)9-18-7-3-4-14(10-18)12(2)17;/h5-6,8,12,14H,3-4,7,9-10,17H2,1-2H3;1H. The summed E-state index contributed by atoms with van der Waals surface area (Å²) in [5.41, 5.74) is 8.47. The average molecular weight is 303 g/mol. The van der Waals surface area contributed by atoms with Crippen LogP contribution in [-0.2, 0) is 6.54 Å². The van der Waals surface area contributed by atoms with Crippen LogP contribution in [0.2, 0.25) is 5.02 Å². The Balaban J connectivity index is 0.00000180. The number of aryl methyl sites for hydroxylation is 1. The fraction of sp³-hybridized carbons (Fsp3) is 0.600. The van der Waals surface area contributed by atoms with Gasteiger partial charge in [0.15, 0.2) is 0 Å². The van der Waals surface area contributed by atoms with Gasteiger partial charge >= 0.3 is 0 Å². The van der Waals surface area contributed by atoms with Gasteiger partial charge in [0.25, 0.3) is 0 Å². The third-order valence-electron chi connectivity index (χ3n) is 3.93. The Morgan fingerprint density at radius 1 is 1.47 bits per heavy atom. The van der Waals surface area contributed by atoms with E-state index in [1.165, 1.54) is 24.9 Å². The second-order valence-electron chi connectivity index (χ2n) is 5.58. The van der Waals surface area contributed by atoms with Crippen molar-refractivity contribution in [2.45, 2.75) is 39.3 Å². The molecule has 2 N–H and O–H groups in total. The third-order valence-corrected chi connectivity index (χ3v) is 4.34. The zero-order valence-electron chi connectivity index (χ0n) is 11.7. The first-order valence-electron chi connectivity index (χ1n) is 6.79. The molecular formula is C15H24Cl2N2. The van der Waals surface area contributed by atoms with E-state index in [2.05, 4.69) is 30.0 Å². The predicted molar refractivity (Wildman–Crippen MR) is 85.1 cm³/mol. The Morgan fingerprint density at radius 2 is 2.21 bits per heavy atom. The molecule has 0 bridgehead atoms. The number of hydrogen-bond donors (Lipinski definition) is 1. The molecule has 0 amide bonds. The highest BCUT2D eigenvalue weighted by atomic mass is 35.5. The second-order valence-corrected chi connectivity index (χ2v) is 5.99. The number of hydrogen-bond acceptors (Lipinski definition) is 2. The fourth-order valence-corrected chi connectivity index (χ4v) is 2.86. The predicted octanol–water partition coefficient (Wildman–Crippen LogP) is 3.63. The Hall–Kier alpha value is -0.280. The zero-order valence-corrected chi connectivity index (χ0v) is 13.3. The van der Waals surface area contributed by atoms with E-state index in [1.54, 1.807) is 0 Å². The monoisotopic (exact) mass is 302 g/mol. The van der Waals surface area contributed by atoms with Gasteiger partial charge in [-0.25, -0.2) is 0 Å². The van der Waals surface area contributed by atoms with Crippen LogP contribution < -0.4 is 5.73 Å². The summed E-state index contributed by atoms with van der Waals surface area (Å²) in [6.07, 6.45) is 2.52. The number of benzene rings is 1. The molecule has 2 nitrogen and oxygen atoms in total. The maximum absolute atomic E-state index is 6.17. The van der Waals surface area contributed by atoms with Gasteiger partial charge in [-0.1, -0.05) is 23.7 Å². The van der Waals surface area contributed by atoms with Crippen molar-refractivity contribution in [2.75, 3.05) is 13.1 Å². The topological polar surface area (TPSA) is 29.3 Å². The second kappa shape index (κ2) is 7.49. The van der Waals surface area contributed by atoms with Crippen LogP contribution in [-0.4, -0.2) is 24.0 Å². The van der Waals surface area contributed by atoms with E-state index < -0.39 is 0 Å². The smallest absolute Gasteiger partial charge is 0.0438 e. The summed E-state index contributed by atoms with van der Waals surface area (Å²) in [4.78, 5) is 2.50. The molecule has 1 aliphatic heterocycles. The molecule has 1 aromatic carbocycles. The molecule has 0 spiro atoms. The van der Waals surface area contributed by atoms with Gasteiger partial charge < -0.3 is 5.73 Å². The summed E-state index contributed by atoms with van der Waals surface area (Å²) in [5.74, 6) is 0.639. The molecule has 19 heavy (non-hydrogen) atoms. The molecule has 2 rings (SSSR count). The van der Waals surface area contributed by atoms with Gasteiger partial charge in [0.1, 0.15) is 0 Å². The minimum Gasteiger partial charge on any atom is -0.328 e. The van der Waals surface area contributed by atoms with Gasteiger partial charge in [0.05, 0.1) is 0 Å². The van der Waals surface area contributed by atoms with Gasteiger partial charge in [0.2, 0.25) is 0 Å². The average Bonchev–Trinajstić information content (AvgIpc) is 2.34. The van der Waals surface area contributed by atoms with Crippen molar-refractivity contribution in [1.82, 2.24) is 4.90 Å². The van der Waals surface area contributed by atoms with E-state index in [1.807, 2.05) is 6.92 Å². The van der Waals surface area contributed by atoms with Gasteiger partial charge in [-0.2, -0.15) is 0 Å². The minimum absolute atomic E-state index is 0. The first-order valence-corrected chi connectivity index (χ1v) is 7.17. The summed E-state index contributed by atoms with van der Waals surface area (Å²) in [5, 5.41) is 0.869. The van der Waals surface area contributed by atoms with Crippen LogP contribution in [0.4, 0.5) is 0 Å². The number of nitrogens with two attached hydrogens (primary N) is 1. The maximum Gasteiger partial charge on any atom is 0.0438 e. The molecule has 0 radical (unpaired) electrons. The molecule has 1 heterocycles. The van der Waals surface area contributed by atoms with Crippen LogP contribution in [0.5, 0.6) is 0 Å². The van der Waals surface area contributed by atoms with Crippen molar-refractivity contribution < 1.29 is 0 Å². The van der Waals surface area contributed by atoms with Crippen molar-refractivity contribution in [2.24, 2.45) is 11.7 Å². The summed E-state index contributed by atoms with van der Waals surface area (Å²) < 4.78 is 0. The summed E-state index contributed by atoms with van der Waals surface area (Å²) in [6, 6.07) is 6.67. The van der Waals surface area contributed by atoms with Crippen molar-refractivity contribution >= 4 is 24.0 Å². The Kier molecular flexibility index (Phi) is 6.61. The van der Waals surface area contributed by atoms with Crippen LogP contribution >= 0.6 is 24.0 Å². The van der Waals surface area contributed by atoms with E-state index in [9.17, 15) is 0 Å². The number of piperidine rings is 1. The van der Waals surface area contributed by atoms with Crippen molar-refractivity contribution in [1.29, 1.82) is 0 Å². The van der Waals surface area contributed by atoms with Crippen molar-refractivity contribution in [3.63, 3.8) is 0 Å². The SMILES string of the molecule is Cc1ccc(CN2CCCC(C(C)N)C2)cc1Cl.Cl. The number of likely N-dealkylation sites (tertiary alicyclic amines) is 1. The highest BCUT2D eigenvalue weighted by Gasteiger charge is 2.22. The van der Waals surface area contributed by atoms with E-state index in [4.69, 9.17) is 17.3 Å². The van der Waals surface area contributed by atoms with Gasteiger partial charge in [-0.15, -0.1) is 12.4 Å². The van der Waals surface area contributed by atoms with E-state index >= 15 is 0 Å². The Bertz CT molecular complexity index is 407. The lowest BCUT2D eigenvalue weighted by Crippen LogP contribution is -2.41. The molecule has 108 valence electrons. The zero-order chi connectivity index (χ0) is 13.1. The molecule has 1 fully saturated rings. The van der Waals surface area contributed by atoms with E-state index in [-0.39, 0.29) is 12.4 Å². The highest BCUT2D eigenvalue weighted by Crippen LogP contribution is 2.22. The summed E-state index contributed by atoms with van der Waals surface area (Å²) in [6.45, 7) is 7.44. The molecule has 1 aromatic rings. The fourth-order valence-electron chi connectivity index (χ4n) is 2.66. The molecule has 1 aliphatic rings. The van der Waals surface area contributed by atoms with Crippen molar-refractivity contribution in [3.05, 3.63) is 34.3 Å². The van der Waals surface area contributed by atoms with Crippen LogP contribution in [0, 0.1) is 12.8 Å². The molecule has 0 aliphatic carbocycles. The minimum atomic E-state index is 0. The van der Waals surface area contributed by atoms with Crippen molar-refractivity contribution in [3.8, 4) is 0 Å². The quantitative estimate of drug-likeness (QED) is 0.924. The molecule has 1 saturated heterocycles. The first kappa shape index (κ1) is 16.8. The molecule has 2 unspecified atom stereocenters. The first-order chi connectivity index (χ1) is 8.56. The van der Waals surface area contributed by atoms with E-state index in [0.29, 0.717) is 12.0 Å². The van der Waals surface area contributed by atoms with Crippen LogP contribution in [0.15, 0.2) is 18.2 Å².